The molecule has 1 saturated heterocycles. The lowest BCUT2D eigenvalue weighted by molar-refractivity contribution is 0.102. The van der Waals surface area contributed by atoms with Gasteiger partial charge < -0.3 is 4.90 Å². The first-order valence-corrected chi connectivity index (χ1v) is 9.31. The van der Waals surface area contributed by atoms with Gasteiger partial charge in [-0.05, 0) is 43.5 Å². The fourth-order valence-corrected chi connectivity index (χ4v) is 3.66. The van der Waals surface area contributed by atoms with Gasteiger partial charge in [0, 0.05) is 42.7 Å². The molecule has 1 aliphatic rings. The summed E-state index contributed by atoms with van der Waals surface area (Å²) in [4.78, 5) is 28.1. The first kappa shape index (κ1) is 17.3. The van der Waals surface area contributed by atoms with E-state index in [-0.39, 0.29) is 11.6 Å². The molecular formula is C22H22N4O. The smallest absolute Gasteiger partial charge is 0.232 e. The van der Waals surface area contributed by atoms with Crippen LogP contribution in [0.5, 0.6) is 0 Å². The van der Waals surface area contributed by atoms with Crippen molar-refractivity contribution in [2.24, 2.45) is 0 Å². The molecule has 1 aromatic carbocycles. The van der Waals surface area contributed by atoms with Crippen LogP contribution in [-0.2, 0) is 0 Å². The highest BCUT2D eigenvalue weighted by molar-refractivity contribution is 6.07. The van der Waals surface area contributed by atoms with Crippen LogP contribution in [0.4, 0.5) is 5.82 Å². The van der Waals surface area contributed by atoms with Crippen molar-refractivity contribution in [3.63, 3.8) is 0 Å². The van der Waals surface area contributed by atoms with Crippen molar-refractivity contribution in [1.29, 1.82) is 0 Å². The third-order valence-electron chi connectivity index (χ3n) is 5.11. The Kier molecular flexibility index (Phi) is 4.92. The van der Waals surface area contributed by atoms with Gasteiger partial charge in [0.15, 0.2) is 0 Å². The number of pyridine rings is 1. The van der Waals surface area contributed by atoms with E-state index in [1.54, 1.807) is 24.5 Å². The molecule has 1 fully saturated rings. The lowest BCUT2D eigenvalue weighted by Gasteiger charge is -2.33. The molecular weight excluding hydrogens is 336 g/mol. The van der Waals surface area contributed by atoms with Crippen LogP contribution in [-0.4, -0.2) is 33.8 Å². The number of piperidine rings is 1. The minimum absolute atomic E-state index is 0.181. The number of aryl methyl sites for hydroxylation is 1. The number of carbonyl (C=O) groups is 1. The van der Waals surface area contributed by atoms with Crippen LogP contribution >= 0.6 is 0 Å². The fourth-order valence-electron chi connectivity index (χ4n) is 3.66. The Hall–Kier alpha value is -3.08. The summed E-state index contributed by atoms with van der Waals surface area (Å²) >= 11 is 0. The van der Waals surface area contributed by atoms with Gasteiger partial charge in [-0.15, -0.1) is 0 Å². The molecule has 5 nitrogen and oxygen atoms in total. The molecule has 0 N–H and O–H groups in total. The minimum Gasteiger partial charge on any atom is -0.356 e. The second kappa shape index (κ2) is 7.66. The van der Waals surface area contributed by atoms with Gasteiger partial charge in [0.05, 0.1) is 0 Å². The van der Waals surface area contributed by atoms with Gasteiger partial charge in [-0.25, -0.2) is 9.97 Å². The lowest BCUT2D eigenvalue weighted by atomic mass is 9.91. The predicted molar refractivity (Wildman–Crippen MR) is 105 cm³/mol. The average Bonchev–Trinajstić information content (AvgIpc) is 2.74. The van der Waals surface area contributed by atoms with Gasteiger partial charge in [-0.2, -0.15) is 0 Å². The fraction of sp³-hybridized carbons (Fsp3) is 0.273. The van der Waals surface area contributed by atoms with E-state index in [4.69, 9.17) is 0 Å². The Morgan fingerprint density at radius 1 is 1.04 bits per heavy atom. The van der Waals surface area contributed by atoms with E-state index in [0.717, 1.165) is 25.3 Å². The molecule has 0 aliphatic carbocycles. The Bertz CT molecular complexity index is 942. The molecule has 1 unspecified atom stereocenters. The first-order chi connectivity index (χ1) is 13.2. The molecule has 0 amide bonds. The van der Waals surface area contributed by atoms with E-state index in [1.165, 1.54) is 12.0 Å². The number of benzene rings is 1. The van der Waals surface area contributed by atoms with Crippen molar-refractivity contribution in [2.45, 2.75) is 25.7 Å². The zero-order chi connectivity index (χ0) is 18.6. The van der Waals surface area contributed by atoms with Gasteiger partial charge >= 0.3 is 0 Å². The summed E-state index contributed by atoms with van der Waals surface area (Å²) in [6.07, 6.45) is 5.63. The summed E-state index contributed by atoms with van der Waals surface area (Å²) in [6.45, 7) is 3.67. The molecule has 1 aliphatic heterocycles. The summed E-state index contributed by atoms with van der Waals surface area (Å²) < 4.78 is 0. The third-order valence-corrected chi connectivity index (χ3v) is 5.11. The summed E-state index contributed by atoms with van der Waals surface area (Å²) in [6, 6.07) is 16.0. The highest BCUT2D eigenvalue weighted by Crippen LogP contribution is 2.29. The highest BCUT2D eigenvalue weighted by atomic mass is 16.1. The van der Waals surface area contributed by atoms with E-state index in [1.807, 2.05) is 19.1 Å². The average molecular weight is 358 g/mol. The number of rotatable bonds is 4. The second-order valence-corrected chi connectivity index (χ2v) is 6.90. The molecule has 27 heavy (non-hydrogen) atoms. The van der Waals surface area contributed by atoms with Crippen LogP contribution in [0.25, 0.3) is 0 Å². The van der Waals surface area contributed by atoms with E-state index in [9.17, 15) is 4.79 Å². The van der Waals surface area contributed by atoms with Gasteiger partial charge in [0.25, 0.3) is 0 Å². The Balaban J connectivity index is 1.57. The quantitative estimate of drug-likeness (QED) is 0.664. The Labute approximate surface area is 159 Å². The second-order valence-electron chi connectivity index (χ2n) is 6.90. The van der Waals surface area contributed by atoms with E-state index >= 15 is 0 Å². The summed E-state index contributed by atoms with van der Waals surface area (Å²) in [7, 11) is 0. The predicted octanol–water partition coefficient (Wildman–Crippen LogP) is 3.80. The number of anilines is 1. The molecule has 3 aromatic rings. The van der Waals surface area contributed by atoms with Gasteiger partial charge in [0.2, 0.25) is 11.6 Å². The largest absolute Gasteiger partial charge is 0.356 e. The standard InChI is InChI=1S/C22H22N4O/c1-16-19(10-5-12-23-16)21(27)22-24-13-11-20(25-22)26-14-6-9-18(15-26)17-7-3-2-4-8-17/h2-5,7-8,10-13,18H,6,9,14-15H2,1H3. The molecule has 0 spiro atoms. The van der Waals surface area contributed by atoms with Crippen molar-refractivity contribution in [1.82, 2.24) is 15.0 Å². The molecule has 5 heteroatoms. The zero-order valence-electron chi connectivity index (χ0n) is 15.4. The maximum absolute atomic E-state index is 12.8. The summed E-state index contributed by atoms with van der Waals surface area (Å²) in [5.74, 6) is 1.34. The summed E-state index contributed by atoms with van der Waals surface area (Å²) in [5, 5.41) is 0. The maximum atomic E-state index is 12.8. The molecule has 0 bridgehead atoms. The number of hydrogen-bond donors (Lipinski definition) is 0. The van der Waals surface area contributed by atoms with Gasteiger partial charge in [0.1, 0.15) is 5.82 Å². The van der Waals surface area contributed by atoms with E-state index in [2.05, 4.69) is 44.1 Å². The van der Waals surface area contributed by atoms with Gasteiger partial charge in [-0.3, -0.25) is 9.78 Å². The number of nitrogens with zero attached hydrogens (tertiary/aromatic N) is 4. The van der Waals surface area contributed by atoms with Gasteiger partial charge in [-0.1, -0.05) is 30.3 Å². The zero-order valence-corrected chi connectivity index (χ0v) is 15.4. The molecule has 3 heterocycles. The van der Waals surface area contributed by atoms with Crippen LogP contribution in [0.2, 0.25) is 0 Å². The van der Waals surface area contributed by atoms with Crippen molar-refractivity contribution in [3.05, 3.63) is 83.6 Å². The van der Waals surface area contributed by atoms with Crippen LogP contribution in [0.3, 0.4) is 0 Å². The maximum Gasteiger partial charge on any atom is 0.232 e. The van der Waals surface area contributed by atoms with E-state index < -0.39 is 0 Å². The number of carbonyl (C=O) groups excluding carboxylic acids is 1. The van der Waals surface area contributed by atoms with Crippen LogP contribution in [0.1, 0.15) is 46.2 Å². The van der Waals surface area contributed by atoms with Crippen molar-refractivity contribution in [2.75, 3.05) is 18.0 Å². The minimum atomic E-state index is -0.181. The lowest BCUT2D eigenvalue weighted by Crippen LogP contribution is -2.35. The first-order valence-electron chi connectivity index (χ1n) is 9.31. The Morgan fingerprint density at radius 2 is 1.89 bits per heavy atom. The molecule has 0 radical (unpaired) electrons. The monoisotopic (exact) mass is 358 g/mol. The molecule has 2 aromatic heterocycles. The number of ketones is 1. The highest BCUT2D eigenvalue weighted by Gasteiger charge is 2.23. The van der Waals surface area contributed by atoms with Crippen molar-refractivity contribution < 1.29 is 4.79 Å². The topological polar surface area (TPSA) is 59.0 Å². The van der Waals surface area contributed by atoms with Crippen LogP contribution in [0, 0.1) is 6.92 Å². The molecule has 1 atom stereocenters. The SMILES string of the molecule is Cc1ncccc1C(=O)c1nccc(N2CCCC(c3ccccc3)C2)n1. The number of aromatic nitrogens is 3. The van der Waals surface area contributed by atoms with Crippen molar-refractivity contribution in [3.8, 4) is 0 Å². The number of hydrogen-bond acceptors (Lipinski definition) is 5. The third kappa shape index (κ3) is 3.72. The van der Waals surface area contributed by atoms with E-state index in [0.29, 0.717) is 17.2 Å². The molecule has 0 saturated carbocycles. The molecule has 136 valence electrons. The van der Waals surface area contributed by atoms with Crippen molar-refractivity contribution >= 4 is 11.6 Å². The van der Waals surface area contributed by atoms with Crippen LogP contribution in [0.15, 0.2) is 60.9 Å². The Morgan fingerprint density at radius 3 is 2.70 bits per heavy atom. The molecule has 4 rings (SSSR count). The normalized spacial score (nSPS) is 16.9. The summed E-state index contributed by atoms with van der Waals surface area (Å²) in [5.41, 5.74) is 2.60. The van der Waals surface area contributed by atoms with Crippen LogP contribution < -0.4 is 4.90 Å².